The second kappa shape index (κ2) is 5.66. The highest BCUT2D eigenvalue weighted by molar-refractivity contribution is 5.93. The predicted octanol–water partition coefficient (Wildman–Crippen LogP) is 2.41. The highest BCUT2D eigenvalue weighted by Crippen LogP contribution is 2.25. The average Bonchev–Trinajstić information content (AvgIpc) is 2.68. The first-order valence-corrected chi connectivity index (χ1v) is 5.67. The molecule has 0 atom stereocenters. The van der Waals surface area contributed by atoms with Crippen LogP contribution >= 0.6 is 0 Å². The quantitative estimate of drug-likeness (QED) is 0.779. The van der Waals surface area contributed by atoms with E-state index in [1.807, 2.05) is 40.0 Å². The number of hydrogen-bond acceptors (Lipinski definition) is 3. The number of cyclic esters (lactones) is 1. The van der Waals surface area contributed by atoms with E-state index in [0.717, 1.165) is 17.7 Å². The number of ether oxygens (including phenoxy) is 1. The van der Waals surface area contributed by atoms with E-state index in [1.54, 1.807) is 0 Å². The molecule has 0 aromatic heterocycles. The van der Waals surface area contributed by atoms with Crippen LogP contribution in [0.4, 0.5) is 0 Å². The van der Waals surface area contributed by atoms with E-state index < -0.39 is 0 Å². The maximum absolute atomic E-state index is 11.2. The number of nitrogens with one attached hydrogen (secondary N) is 1. The van der Waals surface area contributed by atoms with Crippen LogP contribution in [0.25, 0.3) is 0 Å². The molecule has 88 valence electrons. The van der Waals surface area contributed by atoms with Crippen molar-refractivity contribution in [2.75, 3.05) is 7.05 Å². The second-order valence-corrected chi connectivity index (χ2v) is 3.48. The van der Waals surface area contributed by atoms with Crippen LogP contribution in [0.5, 0.6) is 0 Å². The van der Waals surface area contributed by atoms with Gasteiger partial charge in [0.2, 0.25) is 0 Å². The summed E-state index contributed by atoms with van der Waals surface area (Å²) in [7, 11) is 1.91. The van der Waals surface area contributed by atoms with Crippen molar-refractivity contribution in [1.82, 2.24) is 5.32 Å². The lowest BCUT2D eigenvalue weighted by molar-refractivity contribution is 0.0535. The Bertz CT molecular complexity index is 386. The maximum atomic E-state index is 11.2. The highest BCUT2D eigenvalue weighted by atomic mass is 16.5. The van der Waals surface area contributed by atoms with E-state index in [0.29, 0.717) is 6.61 Å². The molecule has 1 heterocycles. The summed E-state index contributed by atoms with van der Waals surface area (Å²) >= 11 is 0. The molecular weight excluding hydrogens is 202 g/mol. The van der Waals surface area contributed by atoms with Gasteiger partial charge in [-0.3, -0.25) is 0 Å². The predicted molar refractivity (Wildman–Crippen MR) is 64.4 cm³/mol. The van der Waals surface area contributed by atoms with Crippen LogP contribution < -0.4 is 5.32 Å². The molecule has 0 fully saturated rings. The first-order chi connectivity index (χ1) is 7.74. The third-order valence-corrected chi connectivity index (χ3v) is 2.65. The summed E-state index contributed by atoms with van der Waals surface area (Å²) in [6, 6.07) is 3.83. The van der Waals surface area contributed by atoms with Crippen molar-refractivity contribution in [2.24, 2.45) is 0 Å². The van der Waals surface area contributed by atoms with Crippen LogP contribution in [-0.4, -0.2) is 13.0 Å². The molecule has 0 amide bonds. The van der Waals surface area contributed by atoms with E-state index in [2.05, 4.69) is 5.32 Å². The Balaban J connectivity index is 0.000000606. The zero-order valence-electron chi connectivity index (χ0n) is 10.4. The van der Waals surface area contributed by atoms with Crippen LogP contribution in [0.3, 0.4) is 0 Å². The number of hydrogen-bond donors (Lipinski definition) is 1. The van der Waals surface area contributed by atoms with Gasteiger partial charge in [-0.1, -0.05) is 19.9 Å². The molecule has 16 heavy (non-hydrogen) atoms. The summed E-state index contributed by atoms with van der Waals surface area (Å²) in [5, 5.41) is 3.10. The zero-order valence-corrected chi connectivity index (χ0v) is 10.4. The van der Waals surface area contributed by atoms with E-state index in [4.69, 9.17) is 4.74 Å². The largest absolute Gasteiger partial charge is 0.457 e. The summed E-state index contributed by atoms with van der Waals surface area (Å²) in [6.07, 6.45) is 0. The van der Waals surface area contributed by atoms with Gasteiger partial charge in [0, 0.05) is 12.1 Å². The minimum atomic E-state index is -0.195. The molecule has 0 bridgehead atoms. The van der Waals surface area contributed by atoms with Gasteiger partial charge in [0.1, 0.15) is 6.61 Å². The van der Waals surface area contributed by atoms with E-state index in [9.17, 15) is 4.79 Å². The highest BCUT2D eigenvalue weighted by Gasteiger charge is 2.23. The van der Waals surface area contributed by atoms with Gasteiger partial charge in [-0.25, -0.2) is 4.79 Å². The monoisotopic (exact) mass is 221 g/mol. The Hall–Kier alpha value is -1.35. The van der Waals surface area contributed by atoms with Crippen molar-refractivity contribution < 1.29 is 9.53 Å². The minimum Gasteiger partial charge on any atom is -0.457 e. The molecule has 1 N–H and O–H groups in total. The van der Waals surface area contributed by atoms with Gasteiger partial charge in [0.25, 0.3) is 0 Å². The molecule has 3 heteroatoms. The molecule has 1 aromatic carbocycles. The van der Waals surface area contributed by atoms with E-state index in [-0.39, 0.29) is 5.97 Å². The van der Waals surface area contributed by atoms with Gasteiger partial charge in [-0.15, -0.1) is 0 Å². The Morgan fingerprint density at radius 1 is 1.38 bits per heavy atom. The van der Waals surface area contributed by atoms with Crippen molar-refractivity contribution in [3.05, 3.63) is 34.4 Å². The Morgan fingerprint density at radius 2 is 2.06 bits per heavy atom. The Labute approximate surface area is 96.8 Å². The summed E-state index contributed by atoms with van der Waals surface area (Å²) in [4.78, 5) is 11.2. The minimum absolute atomic E-state index is 0.195. The maximum Gasteiger partial charge on any atom is 0.338 e. The van der Waals surface area contributed by atoms with Crippen LogP contribution in [0.2, 0.25) is 0 Å². The molecule has 1 aromatic rings. The molecule has 0 unspecified atom stereocenters. The first-order valence-electron chi connectivity index (χ1n) is 5.67. The van der Waals surface area contributed by atoms with Gasteiger partial charge in [-0.05, 0) is 31.2 Å². The van der Waals surface area contributed by atoms with Crippen molar-refractivity contribution >= 4 is 5.97 Å². The molecule has 1 aliphatic heterocycles. The molecule has 2 rings (SSSR count). The van der Waals surface area contributed by atoms with Gasteiger partial charge < -0.3 is 10.1 Å². The molecule has 0 aliphatic carbocycles. The van der Waals surface area contributed by atoms with Gasteiger partial charge in [0.05, 0.1) is 5.56 Å². The molecule has 0 saturated carbocycles. The number of benzene rings is 1. The number of esters is 1. The SMILES string of the molecule is CC.CNCc1ccc2c(c1C)COC2=O. The zero-order chi connectivity index (χ0) is 12.1. The van der Waals surface area contributed by atoms with Crippen LogP contribution in [-0.2, 0) is 17.9 Å². The van der Waals surface area contributed by atoms with E-state index in [1.165, 1.54) is 11.1 Å². The fourth-order valence-corrected chi connectivity index (χ4v) is 1.78. The Morgan fingerprint density at radius 3 is 2.69 bits per heavy atom. The topological polar surface area (TPSA) is 38.3 Å². The van der Waals surface area contributed by atoms with Gasteiger partial charge in [0.15, 0.2) is 0 Å². The molecular formula is C13H19NO2. The summed E-state index contributed by atoms with van der Waals surface area (Å²) < 4.78 is 4.98. The average molecular weight is 221 g/mol. The summed E-state index contributed by atoms with van der Waals surface area (Å²) in [5.74, 6) is -0.195. The molecule has 3 nitrogen and oxygen atoms in total. The van der Waals surface area contributed by atoms with Crippen molar-refractivity contribution in [2.45, 2.75) is 33.9 Å². The molecule has 1 aliphatic rings. The standard InChI is InChI=1S/C11H13NO2.C2H6/c1-7-8(5-12-2)3-4-9-10(7)6-14-11(9)13;1-2/h3-4,12H,5-6H2,1-2H3;1-2H3. The van der Waals surface area contributed by atoms with Gasteiger partial charge in [-0.2, -0.15) is 0 Å². The van der Waals surface area contributed by atoms with Crippen molar-refractivity contribution in [1.29, 1.82) is 0 Å². The summed E-state index contributed by atoms with van der Waals surface area (Å²) in [5.41, 5.74) is 4.16. The Kier molecular flexibility index (Phi) is 4.50. The summed E-state index contributed by atoms with van der Waals surface area (Å²) in [6.45, 7) is 7.29. The number of rotatable bonds is 2. The lowest BCUT2D eigenvalue weighted by Gasteiger charge is -2.07. The molecule has 0 radical (unpaired) electrons. The third-order valence-electron chi connectivity index (χ3n) is 2.65. The van der Waals surface area contributed by atoms with Gasteiger partial charge >= 0.3 is 5.97 Å². The number of fused-ring (bicyclic) bond motifs is 1. The van der Waals surface area contributed by atoms with Crippen LogP contribution in [0, 0.1) is 6.92 Å². The third kappa shape index (κ3) is 2.25. The number of carbonyl (C=O) groups is 1. The lowest BCUT2D eigenvalue weighted by atomic mass is 9.99. The first kappa shape index (κ1) is 12.7. The van der Waals surface area contributed by atoms with Crippen molar-refractivity contribution in [3.8, 4) is 0 Å². The fraction of sp³-hybridized carbons (Fsp3) is 0.462. The van der Waals surface area contributed by atoms with Crippen molar-refractivity contribution in [3.63, 3.8) is 0 Å². The number of carbonyl (C=O) groups excluding carboxylic acids is 1. The fourth-order valence-electron chi connectivity index (χ4n) is 1.78. The molecule has 0 saturated heterocycles. The lowest BCUT2D eigenvalue weighted by Crippen LogP contribution is -2.08. The second-order valence-electron chi connectivity index (χ2n) is 3.48. The normalized spacial score (nSPS) is 12.6. The smallest absolute Gasteiger partial charge is 0.338 e. The van der Waals surface area contributed by atoms with Crippen LogP contribution in [0.1, 0.15) is 40.9 Å². The van der Waals surface area contributed by atoms with E-state index >= 15 is 0 Å². The van der Waals surface area contributed by atoms with Crippen LogP contribution in [0.15, 0.2) is 12.1 Å². The molecule has 0 spiro atoms.